The van der Waals surface area contributed by atoms with Crippen LogP contribution in [0.2, 0.25) is 0 Å². The number of halogens is 1. The van der Waals surface area contributed by atoms with Crippen molar-refractivity contribution in [1.82, 2.24) is 25.1 Å². The first-order valence-corrected chi connectivity index (χ1v) is 14.7. The average Bonchev–Trinajstić information content (AvgIpc) is 3.63. The topological polar surface area (TPSA) is 120 Å². The number of rotatable bonds is 7. The van der Waals surface area contributed by atoms with Gasteiger partial charge in [0.05, 0.1) is 12.2 Å². The van der Waals surface area contributed by atoms with Crippen molar-refractivity contribution >= 4 is 29.3 Å². The van der Waals surface area contributed by atoms with Crippen LogP contribution in [0.4, 0.5) is 26.5 Å². The second-order valence-corrected chi connectivity index (χ2v) is 11.5. The van der Waals surface area contributed by atoms with Crippen LogP contribution in [0.15, 0.2) is 30.5 Å². The van der Waals surface area contributed by atoms with Crippen molar-refractivity contribution in [3.05, 3.63) is 41.7 Å². The van der Waals surface area contributed by atoms with E-state index < -0.39 is 12.1 Å². The molecule has 0 bridgehead atoms. The molecule has 1 aromatic heterocycles. The molecule has 3 unspecified atom stereocenters. The largest absolute Gasteiger partial charge is 0.364 e. The summed E-state index contributed by atoms with van der Waals surface area (Å²) in [6.45, 7) is 4.22. The summed E-state index contributed by atoms with van der Waals surface area (Å²) >= 11 is 0. The Kier molecular flexibility index (Phi) is 7.73. The van der Waals surface area contributed by atoms with Gasteiger partial charge in [-0.2, -0.15) is 0 Å². The van der Waals surface area contributed by atoms with Gasteiger partial charge < -0.3 is 31.1 Å². The molecule has 1 aliphatic carbocycles. The number of amides is 3. The van der Waals surface area contributed by atoms with Gasteiger partial charge >= 0.3 is 6.03 Å². The molecule has 3 saturated heterocycles. The highest BCUT2D eigenvalue weighted by atomic mass is 19.1. The normalized spacial score (nSPS) is 26.0. The van der Waals surface area contributed by atoms with Crippen molar-refractivity contribution in [1.29, 1.82) is 0 Å². The van der Waals surface area contributed by atoms with E-state index in [4.69, 9.17) is 10.7 Å². The minimum Gasteiger partial charge on any atom is -0.364 e. The van der Waals surface area contributed by atoms with Gasteiger partial charge in [-0.25, -0.2) is 19.2 Å². The fourth-order valence-electron chi connectivity index (χ4n) is 6.83. The maximum absolute atomic E-state index is 14.4. The zero-order chi connectivity index (χ0) is 27.6. The molecular weight excluding hydrogens is 511 g/mol. The molecule has 3 amide bonds. The van der Waals surface area contributed by atoms with Gasteiger partial charge in [0.25, 0.3) is 5.91 Å². The number of carbonyl (C=O) groups is 2. The van der Waals surface area contributed by atoms with Crippen LogP contribution in [0, 0.1) is 0 Å². The molecular formula is C29H39FN8O2. The maximum atomic E-state index is 14.4. The van der Waals surface area contributed by atoms with Crippen LogP contribution < -0.4 is 21.3 Å². The van der Waals surface area contributed by atoms with E-state index in [9.17, 15) is 14.0 Å². The number of aromatic nitrogens is 2. The lowest BCUT2D eigenvalue weighted by atomic mass is 9.89. The molecule has 4 aliphatic rings. The predicted molar refractivity (Wildman–Crippen MR) is 152 cm³/mol. The van der Waals surface area contributed by atoms with Crippen LogP contribution in [0.1, 0.15) is 66.9 Å². The quantitative estimate of drug-likeness (QED) is 0.484. The molecule has 4 heterocycles. The Morgan fingerprint density at radius 2 is 1.73 bits per heavy atom. The Balaban J connectivity index is 1.16. The number of benzene rings is 1. The number of urea groups is 1. The molecule has 214 valence electrons. The lowest BCUT2D eigenvalue weighted by molar-refractivity contribution is 0.0996. The molecule has 0 spiro atoms. The van der Waals surface area contributed by atoms with Crippen LogP contribution in [0.25, 0.3) is 0 Å². The smallest absolute Gasteiger partial charge is 0.320 e. The molecule has 4 fully saturated rings. The van der Waals surface area contributed by atoms with Crippen molar-refractivity contribution < 1.29 is 14.0 Å². The fourth-order valence-corrected chi connectivity index (χ4v) is 6.83. The monoisotopic (exact) mass is 550 g/mol. The molecule has 4 N–H and O–H groups in total. The zero-order valence-corrected chi connectivity index (χ0v) is 22.9. The molecule has 11 heteroatoms. The molecule has 40 heavy (non-hydrogen) atoms. The fraction of sp³-hybridized carbons (Fsp3) is 0.586. The first-order valence-electron chi connectivity index (χ1n) is 14.7. The first kappa shape index (κ1) is 26.7. The van der Waals surface area contributed by atoms with E-state index in [1.807, 2.05) is 29.2 Å². The van der Waals surface area contributed by atoms with E-state index in [2.05, 4.69) is 25.4 Å². The molecule has 3 atom stereocenters. The van der Waals surface area contributed by atoms with Gasteiger partial charge in [0.1, 0.15) is 12.0 Å². The van der Waals surface area contributed by atoms with Crippen LogP contribution in [0.3, 0.4) is 0 Å². The molecule has 1 aromatic carbocycles. The third-order valence-corrected chi connectivity index (χ3v) is 9.00. The highest BCUT2D eigenvalue weighted by molar-refractivity contribution is 5.96. The van der Waals surface area contributed by atoms with Gasteiger partial charge in [-0.05, 0) is 56.3 Å². The Bertz CT molecular complexity index is 1220. The van der Waals surface area contributed by atoms with Gasteiger partial charge in [0.15, 0.2) is 11.5 Å². The number of anilines is 3. The number of primary amides is 1. The lowest BCUT2D eigenvalue weighted by Crippen LogP contribution is -2.50. The minimum atomic E-state index is -0.911. The number of nitrogens with zero attached hydrogens (tertiary/aromatic N) is 5. The lowest BCUT2D eigenvalue weighted by Gasteiger charge is -2.38. The van der Waals surface area contributed by atoms with E-state index in [0.717, 1.165) is 63.8 Å². The Morgan fingerprint density at radius 1 is 1.00 bits per heavy atom. The number of hydrogen-bond donors (Lipinski definition) is 3. The van der Waals surface area contributed by atoms with Crippen LogP contribution in [0.5, 0.6) is 0 Å². The Hall–Kier alpha value is -3.47. The summed E-state index contributed by atoms with van der Waals surface area (Å²) in [5.74, 6) is 0.136. The van der Waals surface area contributed by atoms with Crippen LogP contribution in [-0.2, 0) is 0 Å². The van der Waals surface area contributed by atoms with Crippen LogP contribution >= 0.6 is 0 Å². The number of carbonyl (C=O) groups excluding carboxylic acids is 2. The molecule has 0 radical (unpaired) electrons. The molecule has 1 saturated carbocycles. The summed E-state index contributed by atoms with van der Waals surface area (Å²) in [6, 6.07) is 8.26. The third-order valence-electron chi connectivity index (χ3n) is 9.00. The van der Waals surface area contributed by atoms with Gasteiger partial charge in [-0.15, -0.1) is 0 Å². The van der Waals surface area contributed by atoms with Gasteiger partial charge in [0, 0.05) is 50.4 Å². The van der Waals surface area contributed by atoms with E-state index in [0.29, 0.717) is 30.6 Å². The van der Waals surface area contributed by atoms with Gasteiger partial charge in [-0.1, -0.05) is 25.0 Å². The molecule has 10 nitrogen and oxygen atoms in total. The molecule has 3 aliphatic heterocycles. The Labute approximate surface area is 234 Å². The third kappa shape index (κ3) is 5.43. The zero-order valence-electron chi connectivity index (χ0n) is 22.9. The molecule has 2 aromatic rings. The summed E-state index contributed by atoms with van der Waals surface area (Å²) in [4.78, 5) is 40.8. The first-order chi connectivity index (χ1) is 19.5. The van der Waals surface area contributed by atoms with Crippen molar-refractivity contribution in [3.63, 3.8) is 0 Å². The number of nitrogens with one attached hydrogen (secondary N) is 2. The van der Waals surface area contributed by atoms with Crippen LogP contribution in [-0.4, -0.2) is 89.2 Å². The number of alkyl halides is 1. The number of piperidine rings is 2. The van der Waals surface area contributed by atoms with Crippen molar-refractivity contribution in [3.8, 4) is 0 Å². The summed E-state index contributed by atoms with van der Waals surface area (Å²) < 4.78 is 14.4. The summed E-state index contributed by atoms with van der Waals surface area (Å²) in [6.07, 6.45) is 7.99. The summed E-state index contributed by atoms with van der Waals surface area (Å²) in [7, 11) is 0. The van der Waals surface area contributed by atoms with E-state index >= 15 is 0 Å². The van der Waals surface area contributed by atoms with Crippen molar-refractivity contribution in [2.45, 2.75) is 69.1 Å². The number of nitrogens with two attached hydrogens (primary N) is 1. The number of hydrogen-bond acceptors (Lipinski definition) is 7. The minimum absolute atomic E-state index is 0.0606. The van der Waals surface area contributed by atoms with Gasteiger partial charge in [-0.3, -0.25) is 4.79 Å². The van der Waals surface area contributed by atoms with Crippen molar-refractivity contribution in [2.75, 3.05) is 49.5 Å². The maximum Gasteiger partial charge on any atom is 0.320 e. The summed E-state index contributed by atoms with van der Waals surface area (Å²) in [5, 5.41) is 6.30. The Morgan fingerprint density at radius 3 is 2.45 bits per heavy atom. The highest BCUT2D eigenvalue weighted by Crippen LogP contribution is 2.32. The molecule has 6 rings (SSSR count). The standard InChI is InChI=1S/C29H39FN8O2/c30-24-16-32-12-11-23(24)19-7-9-20(10-8-19)34-28-26(27(31)39)33-17-25(35-28)36-13-3-6-22(18-36)38-15-14-37(29(38)40)21-4-1-2-5-21/h7-10,17,21-24,32H,1-6,11-16,18H2,(H2,31,39)(H,34,35). The highest BCUT2D eigenvalue weighted by Gasteiger charge is 2.39. The van der Waals surface area contributed by atoms with E-state index in [-0.39, 0.29) is 29.5 Å². The van der Waals surface area contributed by atoms with Gasteiger partial charge in [0.2, 0.25) is 0 Å². The average molecular weight is 551 g/mol. The second kappa shape index (κ2) is 11.6. The SMILES string of the molecule is NC(=O)c1ncc(N2CCCC(N3CCN(C4CCCC4)C3=O)C2)nc1Nc1ccc(C2CCNCC2F)cc1. The van der Waals surface area contributed by atoms with Crippen molar-refractivity contribution in [2.24, 2.45) is 5.73 Å². The second-order valence-electron chi connectivity index (χ2n) is 11.5. The predicted octanol–water partition coefficient (Wildman–Crippen LogP) is 3.38. The summed E-state index contributed by atoms with van der Waals surface area (Å²) in [5.41, 5.74) is 7.36. The van der Waals surface area contributed by atoms with E-state index in [1.54, 1.807) is 6.20 Å². The van der Waals surface area contributed by atoms with E-state index in [1.165, 1.54) is 12.8 Å².